The Kier molecular flexibility index (Phi) is 8.72. The van der Waals surface area contributed by atoms with Crippen LogP contribution in [0, 0.1) is 17.2 Å². The van der Waals surface area contributed by atoms with E-state index in [1.54, 1.807) is 0 Å². The fourth-order valence-electron chi connectivity index (χ4n) is 1.64. The molecule has 0 saturated carbocycles. The highest BCUT2D eigenvalue weighted by molar-refractivity contribution is 7.99. The summed E-state index contributed by atoms with van der Waals surface area (Å²) in [4.78, 5) is 0. The molecule has 0 aromatic carbocycles. The molecule has 3 heteroatoms. The summed E-state index contributed by atoms with van der Waals surface area (Å²) in [6.45, 7) is 11.8. The molecule has 0 rings (SSSR count). The molecule has 3 atom stereocenters. The van der Waals surface area contributed by atoms with E-state index in [9.17, 15) is 5.26 Å². The molecule has 0 aliphatic carbocycles. The minimum Gasteiger partial charge on any atom is -0.300 e. The van der Waals surface area contributed by atoms with Gasteiger partial charge in [0.25, 0.3) is 0 Å². The SMILES string of the molecule is CCCNC(C)(C#N)CC(C)SCC(C)CC. The first-order valence-electron chi connectivity index (χ1n) is 6.75. The third-order valence-electron chi connectivity index (χ3n) is 3.07. The molecule has 0 saturated heterocycles. The van der Waals surface area contributed by atoms with Gasteiger partial charge in [0, 0.05) is 5.25 Å². The fourth-order valence-corrected chi connectivity index (χ4v) is 2.98. The normalized spacial score (nSPS) is 18.1. The van der Waals surface area contributed by atoms with Crippen molar-refractivity contribution >= 4 is 11.8 Å². The Balaban J connectivity index is 4.05. The molecule has 0 aromatic heterocycles. The van der Waals surface area contributed by atoms with Crippen LogP contribution in [0.15, 0.2) is 0 Å². The summed E-state index contributed by atoms with van der Waals surface area (Å²) in [5, 5.41) is 13.2. The molecule has 0 bridgehead atoms. The van der Waals surface area contributed by atoms with E-state index >= 15 is 0 Å². The van der Waals surface area contributed by atoms with E-state index in [1.165, 1.54) is 12.2 Å². The van der Waals surface area contributed by atoms with E-state index in [0.29, 0.717) is 5.25 Å². The highest BCUT2D eigenvalue weighted by Gasteiger charge is 2.25. The van der Waals surface area contributed by atoms with Crippen molar-refractivity contribution in [3.8, 4) is 6.07 Å². The van der Waals surface area contributed by atoms with Gasteiger partial charge in [0.15, 0.2) is 0 Å². The van der Waals surface area contributed by atoms with Gasteiger partial charge >= 0.3 is 0 Å². The average molecular weight is 256 g/mol. The lowest BCUT2D eigenvalue weighted by molar-refractivity contribution is 0.418. The van der Waals surface area contributed by atoms with Crippen LogP contribution in [0.4, 0.5) is 0 Å². The number of rotatable bonds is 9. The van der Waals surface area contributed by atoms with Crippen molar-refractivity contribution in [2.24, 2.45) is 5.92 Å². The lowest BCUT2D eigenvalue weighted by Gasteiger charge is -2.26. The van der Waals surface area contributed by atoms with Gasteiger partial charge in [-0.1, -0.05) is 34.1 Å². The van der Waals surface area contributed by atoms with Gasteiger partial charge in [0.1, 0.15) is 5.54 Å². The molecule has 0 heterocycles. The summed E-state index contributed by atoms with van der Waals surface area (Å²) in [7, 11) is 0. The maximum Gasteiger partial charge on any atom is 0.104 e. The van der Waals surface area contributed by atoms with Crippen LogP contribution in [0.5, 0.6) is 0 Å². The maximum atomic E-state index is 9.26. The van der Waals surface area contributed by atoms with Gasteiger partial charge in [0.05, 0.1) is 6.07 Å². The summed E-state index contributed by atoms with van der Waals surface area (Å²) in [5.74, 6) is 1.98. The fraction of sp³-hybridized carbons (Fsp3) is 0.929. The number of hydrogen-bond acceptors (Lipinski definition) is 3. The Labute approximate surface area is 112 Å². The maximum absolute atomic E-state index is 9.26. The van der Waals surface area contributed by atoms with Crippen molar-refractivity contribution in [2.75, 3.05) is 12.3 Å². The first-order valence-corrected chi connectivity index (χ1v) is 7.80. The third kappa shape index (κ3) is 7.68. The van der Waals surface area contributed by atoms with Crippen LogP contribution in [0.2, 0.25) is 0 Å². The van der Waals surface area contributed by atoms with Crippen molar-refractivity contribution in [1.29, 1.82) is 5.26 Å². The number of thioether (sulfide) groups is 1. The molecule has 0 fully saturated rings. The average Bonchev–Trinajstić information content (AvgIpc) is 2.33. The van der Waals surface area contributed by atoms with Crippen LogP contribution in [-0.4, -0.2) is 23.1 Å². The van der Waals surface area contributed by atoms with Crippen LogP contribution >= 0.6 is 11.8 Å². The standard InChI is InChI=1S/C14H28N2S/c1-6-8-16-14(5,11-15)9-13(4)17-10-12(3)7-2/h12-13,16H,6-10H2,1-5H3. The van der Waals surface area contributed by atoms with E-state index in [-0.39, 0.29) is 5.54 Å². The Morgan fingerprint density at radius 1 is 1.35 bits per heavy atom. The number of hydrogen-bond donors (Lipinski definition) is 1. The largest absolute Gasteiger partial charge is 0.300 e. The molecule has 3 unspecified atom stereocenters. The number of nitriles is 1. The van der Waals surface area contributed by atoms with Gasteiger partial charge in [-0.05, 0) is 38.0 Å². The molecular formula is C14H28N2S. The molecule has 0 aliphatic heterocycles. The second-order valence-corrected chi connectivity index (χ2v) is 6.70. The van der Waals surface area contributed by atoms with E-state index in [2.05, 4.69) is 39.1 Å². The predicted molar refractivity (Wildman–Crippen MR) is 78.3 cm³/mol. The van der Waals surface area contributed by atoms with Crippen molar-refractivity contribution in [1.82, 2.24) is 5.32 Å². The van der Waals surface area contributed by atoms with E-state index in [4.69, 9.17) is 0 Å². The molecule has 0 amide bonds. The van der Waals surface area contributed by atoms with Gasteiger partial charge in [-0.25, -0.2) is 0 Å². The second kappa shape index (κ2) is 8.83. The lowest BCUT2D eigenvalue weighted by atomic mass is 9.98. The summed E-state index contributed by atoms with van der Waals surface area (Å²) in [6.07, 6.45) is 3.24. The monoisotopic (exact) mass is 256 g/mol. The molecule has 0 spiro atoms. The molecular weight excluding hydrogens is 228 g/mol. The van der Waals surface area contributed by atoms with Crippen LogP contribution in [-0.2, 0) is 0 Å². The molecule has 0 radical (unpaired) electrons. The second-order valence-electron chi connectivity index (χ2n) is 5.23. The van der Waals surface area contributed by atoms with E-state index in [1.807, 2.05) is 18.7 Å². The third-order valence-corrected chi connectivity index (χ3v) is 4.57. The lowest BCUT2D eigenvalue weighted by Crippen LogP contribution is -2.43. The molecule has 2 nitrogen and oxygen atoms in total. The zero-order chi connectivity index (χ0) is 13.3. The van der Waals surface area contributed by atoms with Crippen molar-refractivity contribution in [2.45, 2.75) is 64.7 Å². The number of nitrogens with one attached hydrogen (secondary N) is 1. The minimum atomic E-state index is -0.363. The Hall–Kier alpha value is -0.200. The first kappa shape index (κ1) is 16.8. The molecule has 0 aromatic rings. The summed E-state index contributed by atoms with van der Waals surface area (Å²) in [6, 6.07) is 2.42. The topological polar surface area (TPSA) is 35.8 Å². The summed E-state index contributed by atoms with van der Waals surface area (Å²) < 4.78 is 0. The molecule has 17 heavy (non-hydrogen) atoms. The van der Waals surface area contributed by atoms with Crippen LogP contribution in [0.25, 0.3) is 0 Å². The zero-order valence-corrected chi connectivity index (χ0v) is 12.9. The van der Waals surface area contributed by atoms with Gasteiger partial charge in [-0.3, -0.25) is 5.32 Å². The molecule has 100 valence electrons. The quantitative estimate of drug-likeness (QED) is 0.681. The predicted octanol–water partition coefficient (Wildman–Crippen LogP) is 3.83. The zero-order valence-electron chi connectivity index (χ0n) is 12.0. The number of nitrogens with zero attached hydrogens (tertiary/aromatic N) is 1. The molecule has 1 N–H and O–H groups in total. The summed E-state index contributed by atoms with van der Waals surface area (Å²) in [5.41, 5.74) is -0.363. The van der Waals surface area contributed by atoms with Crippen molar-refractivity contribution < 1.29 is 0 Å². The van der Waals surface area contributed by atoms with Gasteiger partial charge in [0.2, 0.25) is 0 Å². The van der Waals surface area contributed by atoms with Gasteiger partial charge in [-0.15, -0.1) is 0 Å². The van der Waals surface area contributed by atoms with Crippen LogP contribution in [0.3, 0.4) is 0 Å². The highest BCUT2D eigenvalue weighted by atomic mass is 32.2. The highest BCUT2D eigenvalue weighted by Crippen LogP contribution is 2.24. The van der Waals surface area contributed by atoms with Crippen molar-refractivity contribution in [3.05, 3.63) is 0 Å². The summed E-state index contributed by atoms with van der Waals surface area (Å²) >= 11 is 1.99. The Morgan fingerprint density at radius 3 is 2.47 bits per heavy atom. The van der Waals surface area contributed by atoms with E-state index in [0.717, 1.165) is 25.3 Å². The van der Waals surface area contributed by atoms with Gasteiger partial charge in [-0.2, -0.15) is 17.0 Å². The van der Waals surface area contributed by atoms with Gasteiger partial charge < -0.3 is 0 Å². The van der Waals surface area contributed by atoms with Crippen LogP contribution in [0.1, 0.15) is 53.9 Å². The minimum absolute atomic E-state index is 0.363. The first-order chi connectivity index (χ1) is 7.97. The van der Waals surface area contributed by atoms with Crippen molar-refractivity contribution in [3.63, 3.8) is 0 Å². The Bertz CT molecular complexity index is 237. The molecule has 0 aliphatic rings. The van der Waals surface area contributed by atoms with Crippen LogP contribution < -0.4 is 5.32 Å². The van der Waals surface area contributed by atoms with E-state index < -0.39 is 0 Å². The Morgan fingerprint density at radius 2 is 2.00 bits per heavy atom. The smallest absolute Gasteiger partial charge is 0.104 e.